The maximum absolute atomic E-state index is 12.9. The largest absolute Gasteiger partial charge is 0.417 e. The summed E-state index contributed by atoms with van der Waals surface area (Å²) in [5.41, 5.74) is -1.15. The van der Waals surface area contributed by atoms with Gasteiger partial charge in [-0.3, -0.25) is 0 Å². The maximum Gasteiger partial charge on any atom is 0.417 e. The molecule has 1 aliphatic carbocycles. The Morgan fingerprint density at radius 3 is 2.40 bits per heavy atom. The van der Waals surface area contributed by atoms with E-state index in [0.29, 0.717) is 12.8 Å². The molecule has 0 spiro atoms. The summed E-state index contributed by atoms with van der Waals surface area (Å²) < 4.78 is 63.3. The normalized spacial score (nSPS) is 23.4. The van der Waals surface area contributed by atoms with Crippen molar-refractivity contribution < 1.29 is 26.7 Å². The molecule has 2 rings (SSSR count). The van der Waals surface area contributed by atoms with E-state index in [4.69, 9.17) is 5.11 Å². The number of benzene rings is 1. The van der Waals surface area contributed by atoms with Crippen LogP contribution in [0.5, 0.6) is 0 Å². The molecule has 20 heavy (non-hydrogen) atoms. The Bertz CT molecular complexity index is 607. The van der Waals surface area contributed by atoms with Gasteiger partial charge in [-0.1, -0.05) is 15.9 Å². The smallest absolute Gasteiger partial charge is 0.393 e. The van der Waals surface area contributed by atoms with Crippen LogP contribution in [-0.2, 0) is 16.0 Å². The molecule has 0 radical (unpaired) electrons. The fraction of sp³-hybridized carbons (Fsp3) is 0.500. The second kappa shape index (κ2) is 5.31. The standard InChI is InChI=1S/C12H12BrF3O3S/c13-8-1-2-10(12(14,15)16)11(5-8)20(18,19)6-7-3-9(17)4-7/h1-2,5,7,9,17H,3-4,6H2. The van der Waals surface area contributed by atoms with Crippen LogP contribution in [0.1, 0.15) is 18.4 Å². The maximum atomic E-state index is 12.9. The van der Waals surface area contributed by atoms with Gasteiger partial charge in [0, 0.05) is 4.47 Å². The molecule has 112 valence electrons. The summed E-state index contributed by atoms with van der Waals surface area (Å²) in [5.74, 6) is -0.654. The van der Waals surface area contributed by atoms with E-state index in [1.165, 1.54) is 0 Å². The minimum Gasteiger partial charge on any atom is -0.393 e. The van der Waals surface area contributed by atoms with Crippen LogP contribution in [-0.4, -0.2) is 25.4 Å². The van der Waals surface area contributed by atoms with Gasteiger partial charge in [0.1, 0.15) is 0 Å². The second-order valence-electron chi connectivity index (χ2n) is 4.91. The third kappa shape index (κ3) is 3.35. The third-order valence-electron chi connectivity index (χ3n) is 3.25. The molecule has 0 atom stereocenters. The minimum absolute atomic E-state index is 0.276. The van der Waals surface area contributed by atoms with E-state index in [1.807, 2.05) is 0 Å². The summed E-state index contributed by atoms with van der Waals surface area (Å²) in [6.07, 6.45) is -4.63. The molecule has 1 aromatic carbocycles. The van der Waals surface area contributed by atoms with Crippen LogP contribution in [0.25, 0.3) is 0 Å². The summed E-state index contributed by atoms with van der Waals surface area (Å²) in [6.45, 7) is 0. The van der Waals surface area contributed by atoms with Crippen molar-refractivity contribution in [3.63, 3.8) is 0 Å². The lowest BCUT2D eigenvalue weighted by molar-refractivity contribution is -0.139. The first-order valence-electron chi connectivity index (χ1n) is 5.87. The summed E-state index contributed by atoms with van der Waals surface area (Å²) in [7, 11) is -4.04. The first kappa shape index (κ1) is 15.8. The van der Waals surface area contributed by atoms with Crippen molar-refractivity contribution in [2.45, 2.75) is 30.0 Å². The lowest BCUT2D eigenvalue weighted by Gasteiger charge is -2.31. The summed E-state index contributed by atoms with van der Waals surface area (Å²) in [5, 5.41) is 9.13. The summed E-state index contributed by atoms with van der Waals surface area (Å²) >= 11 is 2.99. The van der Waals surface area contributed by atoms with Crippen molar-refractivity contribution in [2.24, 2.45) is 5.92 Å². The van der Waals surface area contributed by atoms with Crippen LogP contribution < -0.4 is 0 Å². The van der Waals surface area contributed by atoms with Gasteiger partial charge in [-0.25, -0.2) is 8.42 Å². The van der Waals surface area contributed by atoms with Gasteiger partial charge in [0.2, 0.25) is 0 Å². The van der Waals surface area contributed by atoms with Crippen molar-refractivity contribution in [2.75, 3.05) is 5.75 Å². The average Bonchev–Trinajstić information content (AvgIpc) is 2.24. The third-order valence-corrected chi connectivity index (χ3v) is 5.66. The molecule has 1 N–H and O–H groups in total. The van der Waals surface area contributed by atoms with Crippen LogP contribution in [0.3, 0.4) is 0 Å². The average molecular weight is 373 g/mol. The molecule has 0 unspecified atom stereocenters. The summed E-state index contributed by atoms with van der Waals surface area (Å²) in [4.78, 5) is -0.708. The number of hydrogen-bond acceptors (Lipinski definition) is 3. The SMILES string of the molecule is O=S(=O)(CC1CC(O)C1)c1cc(Br)ccc1C(F)(F)F. The Morgan fingerprint density at radius 2 is 1.90 bits per heavy atom. The van der Waals surface area contributed by atoms with Crippen molar-refractivity contribution in [3.05, 3.63) is 28.2 Å². The Kier molecular flexibility index (Phi) is 4.19. The molecule has 1 aliphatic rings. The topological polar surface area (TPSA) is 54.4 Å². The highest BCUT2D eigenvalue weighted by molar-refractivity contribution is 9.10. The van der Waals surface area contributed by atoms with Crippen LogP contribution in [0.15, 0.2) is 27.6 Å². The highest BCUT2D eigenvalue weighted by Crippen LogP contribution is 2.38. The van der Waals surface area contributed by atoms with Crippen molar-refractivity contribution >= 4 is 25.8 Å². The molecule has 0 amide bonds. The van der Waals surface area contributed by atoms with Crippen molar-refractivity contribution in [3.8, 4) is 0 Å². The molecular formula is C12H12BrF3O3S. The van der Waals surface area contributed by atoms with Crippen molar-refractivity contribution in [1.82, 2.24) is 0 Å². The zero-order valence-corrected chi connectivity index (χ0v) is 12.6. The van der Waals surface area contributed by atoms with Crippen molar-refractivity contribution in [1.29, 1.82) is 0 Å². The van der Waals surface area contributed by atoms with Crippen LogP contribution in [0, 0.1) is 5.92 Å². The Balaban J connectivity index is 2.37. The lowest BCUT2D eigenvalue weighted by atomic mass is 9.84. The van der Waals surface area contributed by atoms with E-state index in [9.17, 15) is 21.6 Å². The van der Waals surface area contributed by atoms with E-state index in [-0.39, 0.29) is 16.1 Å². The zero-order valence-electron chi connectivity index (χ0n) is 10.2. The number of aliphatic hydroxyl groups is 1. The van der Waals surface area contributed by atoms with E-state index in [0.717, 1.165) is 18.2 Å². The minimum atomic E-state index is -4.72. The van der Waals surface area contributed by atoms with Crippen LogP contribution >= 0.6 is 15.9 Å². The van der Waals surface area contributed by atoms with Crippen LogP contribution in [0.4, 0.5) is 13.2 Å². The first-order chi connectivity index (χ1) is 9.09. The Labute approximate surface area is 122 Å². The summed E-state index contributed by atoms with van der Waals surface area (Å²) in [6, 6.07) is 2.90. The predicted octanol–water partition coefficient (Wildman–Crippen LogP) is 3.01. The number of alkyl halides is 3. The number of rotatable bonds is 3. The monoisotopic (exact) mass is 372 g/mol. The van der Waals surface area contributed by atoms with E-state index in [2.05, 4.69) is 15.9 Å². The number of hydrogen-bond donors (Lipinski definition) is 1. The van der Waals surface area contributed by atoms with Gasteiger partial charge in [-0.05, 0) is 37.0 Å². The highest BCUT2D eigenvalue weighted by atomic mass is 79.9. The second-order valence-corrected chi connectivity index (χ2v) is 7.83. The molecule has 0 aromatic heterocycles. The molecule has 0 saturated heterocycles. The molecule has 0 aliphatic heterocycles. The fourth-order valence-corrected chi connectivity index (χ4v) is 4.63. The zero-order chi connectivity index (χ0) is 15.1. The van der Waals surface area contributed by atoms with Gasteiger partial charge in [-0.15, -0.1) is 0 Å². The Morgan fingerprint density at radius 1 is 1.30 bits per heavy atom. The quantitative estimate of drug-likeness (QED) is 0.887. The molecule has 1 aromatic rings. The van der Waals surface area contributed by atoms with Gasteiger partial charge in [0.15, 0.2) is 9.84 Å². The van der Waals surface area contributed by atoms with E-state index >= 15 is 0 Å². The molecule has 3 nitrogen and oxygen atoms in total. The number of sulfone groups is 1. The molecule has 1 fully saturated rings. The van der Waals surface area contributed by atoms with E-state index in [1.54, 1.807) is 0 Å². The molecule has 1 saturated carbocycles. The number of halogens is 4. The molecular weight excluding hydrogens is 361 g/mol. The highest BCUT2D eigenvalue weighted by Gasteiger charge is 2.39. The van der Waals surface area contributed by atoms with Gasteiger partial charge >= 0.3 is 6.18 Å². The van der Waals surface area contributed by atoms with Gasteiger partial charge in [-0.2, -0.15) is 13.2 Å². The Hall–Kier alpha value is -0.600. The van der Waals surface area contributed by atoms with Gasteiger partial charge < -0.3 is 5.11 Å². The van der Waals surface area contributed by atoms with Gasteiger partial charge in [0.05, 0.1) is 22.3 Å². The molecule has 0 bridgehead atoms. The fourth-order valence-electron chi connectivity index (χ4n) is 2.22. The van der Waals surface area contributed by atoms with E-state index < -0.39 is 32.6 Å². The molecule has 8 heteroatoms. The first-order valence-corrected chi connectivity index (χ1v) is 8.31. The van der Waals surface area contributed by atoms with Gasteiger partial charge in [0.25, 0.3) is 0 Å². The number of aliphatic hydroxyl groups excluding tert-OH is 1. The lowest BCUT2D eigenvalue weighted by Crippen LogP contribution is -2.34. The van der Waals surface area contributed by atoms with Crippen LogP contribution in [0.2, 0.25) is 0 Å². The predicted molar refractivity (Wildman–Crippen MR) is 69.9 cm³/mol. The molecule has 0 heterocycles.